The number of hydrogen-bond acceptors (Lipinski definition) is 1. The number of carbonyl (C=O) groups is 1. The molecule has 0 unspecified atom stereocenters. The van der Waals surface area contributed by atoms with E-state index in [-0.39, 0.29) is 5.91 Å². The number of hydrogen-bond donors (Lipinski definition) is 1. The summed E-state index contributed by atoms with van der Waals surface area (Å²) in [6, 6.07) is 5.63. The van der Waals surface area contributed by atoms with E-state index in [0.29, 0.717) is 11.4 Å². The van der Waals surface area contributed by atoms with E-state index in [2.05, 4.69) is 5.32 Å². The Morgan fingerprint density at radius 2 is 2.11 bits per heavy atom. The van der Waals surface area contributed by atoms with E-state index in [0.717, 1.165) is 23.6 Å². The van der Waals surface area contributed by atoms with Crippen LogP contribution in [0.4, 0.5) is 5.69 Å². The second-order valence-corrected chi connectivity index (χ2v) is 5.61. The zero-order valence-electron chi connectivity index (χ0n) is 10.8. The first-order chi connectivity index (χ1) is 8.65. The summed E-state index contributed by atoms with van der Waals surface area (Å²) < 4.78 is 0. The molecule has 2 nitrogen and oxygen atoms in total. The quantitative estimate of drug-likeness (QED) is 0.850. The standard InChI is InChI=1S/C15H20ClNO/c1-11-6-8-13(10-14(11)16)17-15(18)9-7-12-4-2-3-5-12/h6,8,10,12H,2-5,7,9H2,1H3,(H,17,18). The number of rotatable bonds is 4. The molecule has 0 aromatic heterocycles. The van der Waals surface area contributed by atoms with Crippen molar-refractivity contribution in [2.24, 2.45) is 5.92 Å². The molecule has 1 aliphatic rings. The minimum absolute atomic E-state index is 0.0989. The summed E-state index contributed by atoms with van der Waals surface area (Å²) in [6.07, 6.45) is 6.90. The van der Waals surface area contributed by atoms with Gasteiger partial charge in [-0.3, -0.25) is 4.79 Å². The number of halogens is 1. The molecule has 3 heteroatoms. The van der Waals surface area contributed by atoms with Gasteiger partial charge in [0.25, 0.3) is 0 Å². The minimum atomic E-state index is 0.0989. The highest BCUT2D eigenvalue weighted by molar-refractivity contribution is 6.31. The minimum Gasteiger partial charge on any atom is -0.326 e. The molecule has 1 aliphatic carbocycles. The third kappa shape index (κ3) is 3.74. The fraction of sp³-hybridized carbons (Fsp3) is 0.533. The van der Waals surface area contributed by atoms with Crippen LogP contribution in [0.5, 0.6) is 0 Å². The highest BCUT2D eigenvalue weighted by atomic mass is 35.5. The number of carbonyl (C=O) groups excluding carboxylic acids is 1. The van der Waals surface area contributed by atoms with Gasteiger partial charge in [0.15, 0.2) is 0 Å². The lowest BCUT2D eigenvalue weighted by molar-refractivity contribution is -0.116. The Kier molecular flexibility index (Phi) is 4.65. The van der Waals surface area contributed by atoms with Crippen LogP contribution in [0.25, 0.3) is 0 Å². The van der Waals surface area contributed by atoms with E-state index >= 15 is 0 Å². The van der Waals surface area contributed by atoms with Gasteiger partial charge in [-0.05, 0) is 37.0 Å². The lowest BCUT2D eigenvalue weighted by atomic mass is 10.0. The molecule has 1 N–H and O–H groups in total. The number of benzene rings is 1. The molecule has 18 heavy (non-hydrogen) atoms. The molecule has 0 atom stereocenters. The second kappa shape index (κ2) is 6.24. The van der Waals surface area contributed by atoms with Gasteiger partial charge in [0, 0.05) is 17.1 Å². The van der Waals surface area contributed by atoms with Gasteiger partial charge in [-0.15, -0.1) is 0 Å². The third-order valence-corrected chi connectivity index (χ3v) is 4.12. The molecule has 0 aliphatic heterocycles. The number of nitrogens with one attached hydrogen (secondary N) is 1. The van der Waals surface area contributed by atoms with Crippen LogP contribution in [0, 0.1) is 12.8 Å². The molecule has 98 valence electrons. The van der Waals surface area contributed by atoms with Crippen molar-refractivity contribution in [3.63, 3.8) is 0 Å². The van der Waals surface area contributed by atoms with Gasteiger partial charge in [0.05, 0.1) is 0 Å². The van der Waals surface area contributed by atoms with Crippen LogP contribution in [0.2, 0.25) is 5.02 Å². The molecular formula is C15H20ClNO. The molecule has 2 rings (SSSR count). The first kappa shape index (κ1) is 13.4. The molecule has 0 heterocycles. The first-order valence-electron chi connectivity index (χ1n) is 6.71. The molecular weight excluding hydrogens is 246 g/mol. The van der Waals surface area contributed by atoms with Crippen LogP contribution >= 0.6 is 11.6 Å². The Morgan fingerprint density at radius 3 is 2.78 bits per heavy atom. The van der Waals surface area contributed by atoms with Crippen molar-refractivity contribution in [2.45, 2.75) is 45.4 Å². The summed E-state index contributed by atoms with van der Waals surface area (Å²) in [5, 5.41) is 3.61. The van der Waals surface area contributed by atoms with Crippen molar-refractivity contribution in [3.8, 4) is 0 Å². The first-order valence-corrected chi connectivity index (χ1v) is 7.09. The maximum absolute atomic E-state index is 11.8. The van der Waals surface area contributed by atoms with Gasteiger partial charge < -0.3 is 5.32 Å². The smallest absolute Gasteiger partial charge is 0.224 e. The SMILES string of the molecule is Cc1ccc(NC(=O)CCC2CCCC2)cc1Cl. The number of anilines is 1. The van der Waals surface area contributed by atoms with E-state index < -0.39 is 0 Å². The largest absolute Gasteiger partial charge is 0.326 e. The average Bonchev–Trinajstić information content (AvgIpc) is 2.84. The van der Waals surface area contributed by atoms with Crippen LogP contribution in [0.3, 0.4) is 0 Å². The summed E-state index contributed by atoms with van der Waals surface area (Å²) in [5.41, 5.74) is 1.82. The Hall–Kier alpha value is -1.02. The van der Waals surface area contributed by atoms with E-state index in [1.165, 1.54) is 25.7 Å². The van der Waals surface area contributed by atoms with E-state index in [1.54, 1.807) is 0 Å². The van der Waals surface area contributed by atoms with Gasteiger partial charge in [0.1, 0.15) is 0 Å². The van der Waals surface area contributed by atoms with Crippen molar-refractivity contribution in [2.75, 3.05) is 5.32 Å². The fourth-order valence-electron chi connectivity index (χ4n) is 2.53. The zero-order valence-corrected chi connectivity index (χ0v) is 11.6. The van der Waals surface area contributed by atoms with Crippen molar-refractivity contribution < 1.29 is 4.79 Å². The molecule has 1 aromatic carbocycles. The van der Waals surface area contributed by atoms with Crippen molar-refractivity contribution in [1.82, 2.24) is 0 Å². The topological polar surface area (TPSA) is 29.1 Å². The van der Waals surface area contributed by atoms with E-state index in [9.17, 15) is 4.79 Å². The van der Waals surface area contributed by atoms with Gasteiger partial charge in [0.2, 0.25) is 5.91 Å². The fourth-order valence-corrected chi connectivity index (χ4v) is 2.71. The Balaban J connectivity index is 1.80. The molecule has 0 saturated heterocycles. The third-order valence-electron chi connectivity index (χ3n) is 3.71. The maximum atomic E-state index is 11.8. The molecule has 1 fully saturated rings. The lowest BCUT2D eigenvalue weighted by Gasteiger charge is -2.09. The Morgan fingerprint density at radius 1 is 1.39 bits per heavy atom. The summed E-state index contributed by atoms with van der Waals surface area (Å²) >= 11 is 6.03. The van der Waals surface area contributed by atoms with Crippen LogP contribution in [-0.2, 0) is 4.79 Å². The maximum Gasteiger partial charge on any atom is 0.224 e. The molecule has 0 spiro atoms. The normalized spacial score (nSPS) is 15.9. The van der Waals surface area contributed by atoms with Gasteiger partial charge in [-0.1, -0.05) is 43.4 Å². The van der Waals surface area contributed by atoms with Crippen molar-refractivity contribution >= 4 is 23.2 Å². The van der Waals surface area contributed by atoms with Crippen LogP contribution < -0.4 is 5.32 Å². The highest BCUT2D eigenvalue weighted by Gasteiger charge is 2.16. The van der Waals surface area contributed by atoms with Crippen molar-refractivity contribution in [1.29, 1.82) is 0 Å². The Bertz CT molecular complexity index is 425. The van der Waals surface area contributed by atoms with Gasteiger partial charge in [-0.25, -0.2) is 0 Å². The second-order valence-electron chi connectivity index (χ2n) is 5.20. The molecule has 1 aromatic rings. The van der Waals surface area contributed by atoms with Crippen molar-refractivity contribution in [3.05, 3.63) is 28.8 Å². The number of aryl methyl sites for hydroxylation is 1. The van der Waals surface area contributed by atoms with Gasteiger partial charge in [-0.2, -0.15) is 0 Å². The average molecular weight is 266 g/mol. The monoisotopic (exact) mass is 265 g/mol. The van der Waals surface area contributed by atoms with E-state index in [4.69, 9.17) is 11.6 Å². The predicted octanol–water partition coefficient (Wildman–Crippen LogP) is 4.56. The Labute approximate surface area is 114 Å². The summed E-state index contributed by atoms with van der Waals surface area (Å²) in [4.78, 5) is 11.8. The summed E-state index contributed by atoms with van der Waals surface area (Å²) in [6.45, 7) is 1.95. The van der Waals surface area contributed by atoms with Crippen LogP contribution in [-0.4, -0.2) is 5.91 Å². The molecule has 0 bridgehead atoms. The number of amides is 1. The summed E-state index contributed by atoms with van der Waals surface area (Å²) in [5.74, 6) is 0.860. The predicted molar refractivity (Wildman–Crippen MR) is 76.0 cm³/mol. The summed E-state index contributed by atoms with van der Waals surface area (Å²) in [7, 11) is 0. The highest BCUT2D eigenvalue weighted by Crippen LogP contribution is 2.28. The zero-order chi connectivity index (χ0) is 13.0. The molecule has 0 radical (unpaired) electrons. The molecule has 1 amide bonds. The molecule has 1 saturated carbocycles. The van der Waals surface area contributed by atoms with Crippen LogP contribution in [0.1, 0.15) is 44.1 Å². The lowest BCUT2D eigenvalue weighted by Crippen LogP contribution is -2.12. The van der Waals surface area contributed by atoms with Gasteiger partial charge >= 0.3 is 0 Å². The van der Waals surface area contributed by atoms with Crippen LogP contribution in [0.15, 0.2) is 18.2 Å². The van der Waals surface area contributed by atoms with E-state index in [1.807, 2.05) is 25.1 Å².